The number of rotatable bonds is 21. The lowest BCUT2D eigenvalue weighted by Crippen LogP contribution is -2.58. The molecule has 0 aromatic heterocycles. The van der Waals surface area contributed by atoms with Crippen LogP contribution < -0.4 is 32.3 Å². The molecule has 1 heterocycles. The minimum absolute atomic E-state index is 0.0223. The Kier molecular flexibility index (Phi) is 17.3. The van der Waals surface area contributed by atoms with Gasteiger partial charge in [-0.25, -0.2) is 4.79 Å². The van der Waals surface area contributed by atoms with Crippen LogP contribution in [0.3, 0.4) is 0 Å². The molecule has 21 nitrogen and oxygen atoms in total. The zero-order valence-electron chi connectivity index (χ0n) is 27.8. The van der Waals surface area contributed by atoms with E-state index in [9.17, 15) is 63.3 Å². The fourth-order valence-corrected chi connectivity index (χ4v) is 4.84. The second-order valence-electron chi connectivity index (χ2n) is 12.1. The van der Waals surface area contributed by atoms with Crippen LogP contribution in [0.1, 0.15) is 65.7 Å². The normalized spacial score (nSPS) is 16.9. The first kappa shape index (κ1) is 42.7. The van der Waals surface area contributed by atoms with Gasteiger partial charge in [0.15, 0.2) is 0 Å². The minimum Gasteiger partial charge on any atom is -0.481 e. The summed E-state index contributed by atoms with van der Waals surface area (Å²) >= 11 is 0. The molecule has 0 aliphatic carbocycles. The summed E-state index contributed by atoms with van der Waals surface area (Å²) in [6.45, 7) is 4.04. The molecule has 0 bridgehead atoms. The number of nitrogens with one attached hydrogen (secondary N) is 5. The van der Waals surface area contributed by atoms with E-state index < -0.39 is 121 Å². The van der Waals surface area contributed by atoms with E-state index in [2.05, 4.69) is 26.6 Å². The molecule has 0 aromatic carbocycles. The van der Waals surface area contributed by atoms with Crippen molar-refractivity contribution in [3.8, 4) is 0 Å². The van der Waals surface area contributed by atoms with Crippen molar-refractivity contribution in [2.75, 3.05) is 13.1 Å². The lowest BCUT2D eigenvalue weighted by Gasteiger charge is -2.27. The predicted molar refractivity (Wildman–Crippen MR) is 168 cm³/mol. The number of carbonyl (C=O) groups is 10. The predicted octanol–water partition coefficient (Wildman–Crippen LogP) is -3.68. The lowest BCUT2D eigenvalue weighted by molar-refractivity contribution is -0.145. The molecule has 11 N–H and O–H groups in total. The van der Waals surface area contributed by atoms with Gasteiger partial charge in [-0.2, -0.15) is 0 Å². The molecular formula is C29H45N7O14. The van der Waals surface area contributed by atoms with E-state index in [0.717, 1.165) is 4.90 Å². The van der Waals surface area contributed by atoms with Gasteiger partial charge in [0.05, 0.1) is 25.4 Å². The second-order valence-corrected chi connectivity index (χ2v) is 12.1. The SMILES string of the molecule is CC(C)C[C@H](NC(=O)[C@H](CC(=O)O)NC(=O)[C@H](CC(=O)O)NC(=O)[C@@H]1CCCN1C(=O)CNC(=O)[C@H](CCC(=O)O)NC(=O)[C@H](C)N)C(=O)O. The Hall–Kier alpha value is -5.34. The number of aliphatic carboxylic acids is 4. The first-order valence-corrected chi connectivity index (χ1v) is 15.7. The van der Waals surface area contributed by atoms with E-state index in [1.807, 2.05) is 0 Å². The highest BCUT2D eigenvalue weighted by molar-refractivity contribution is 5.98. The molecule has 6 atom stereocenters. The maximum atomic E-state index is 13.2. The Morgan fingerprint density at radius 2 is 1.22 bits per heavy atom. The highest BCUT2D eigenvalue weighted by Crippen LogP contribution is 2.18. The molecule has 1 rings (SSSR count). The van der Waals surface area contributed by atoms with Gasteiger partial charge in [0, 0.05) is 13.0 Å². The first-order chi connectivity index (χ1) is 23.2. The van der Waals surface area contributed by atoms with Crippen LogP contribution in [0.2, 0.25) is 0 Å². The third-order valence-corrected chi connectivity index (χ3v) is 7.33. The van der Waals surface area contributed by atoms with E-state index in [4.69, 9.17) is 10.8 Å². The quantitative estimate of drug-likeness (QED) is 0.0547. The van der Waals surface area contributed by atoms with Gasteiger partial charge in [-0.1, -0.05) is 13.8 Å². The molecule has 1 aliphatic heterocycles. The van der Waals surface area contributed by atoms with Crippen LogP contribution in [-0.4, -0.2) is 134 Å². The summed E-state index contributed by atoms with van der Waals surface area (Å²) in [6.07, 6.45) is -2.51. The van der Waals surface area contributed by atoms with Crippen molar-refractivity contribution in [2.24, 2.45) is 11.7 Å². The number of carboxylic acid groups (broad SMARTS) is 4. The summed E-state index contributed by atoms with van der Waals surface area (Å²) in [4.78, 5) is 124. The Balaban J connectivity index is 3.05. The zero-order valence-corrected chi connectivity index (χ0v) is 27.8. The molecule has 50 heavy (non-hydrogen) atoms. The summed E-state index contributed by atoms with van der Waals surface area (Å²) in [5, 5.41) is 48.0. The van der Waals surface area contributed by atoms with Gasteiger partial charge < -0.3 is 57.6 Å². The Labute approximate surface area is 286 Å². The van der Waals surface area contributed by atoms with Gasteiger partial charge in [-0.15, -0.1) is 0 Å². The van der Waals surface area contributed by atoms with E-state index in [1.54, 1.807) is 13.8 Å². The molecule has 6 amide bonds. The van der Waals surface area contributed by atoms with Crippen molar-refractivity contribution in [1.29, 1.82) is 0 Å². The van der Waals surface area contributed by atoms with Crippen LogP contribution in [-0.2, 0) is 47.9 Å². The molecule has 1 fully saturated rings. The fraction of sp³-hybridized carbons (Fsp3) is 0.655. The van der Waals surface area contributed by atoms with Gasteiger partial charge >= 0.3 is 23.9 Å². The molecule has 1 aliphatic rings. The van der Waals surface area contributed by atoms with Gasteiger partial charge in [0.2, 0.25) is 35.4 Å². The average molecular weight is 716 g/mol. The molecule has 1 saturated heterocycles. The highest BCUT2D eigenvalue weighted by Gasteiger charge is 2.38. The third-order valence-electron chi connectivity index (χ3n) is 7.33. The van der Waals surface area contributed by atoms with Gasteiger partial charge in [0.1, 0.15) is 30.2 Å². The number of nitrogens with two attached hydrogens (primary N) is 1. The van der Waals surface area contributed by atoms with Crippen molar-refractivity contribution < 1.29 is 68.4 Å². The van der Waals surface area contributed by atoms with Crippen molar-refractivity contribution in [3.63, 3.8) is 0 Å². The molecule has 21 heteroatoms. The summed E-state index contributed by atoms with van der Waals surface area (Å²) in [7, 11) is 0. The lowest BCUT2D eigenvalue weighted by atomic mass is 10.0. The number of likely N-dealkylation sites (tertiary alicyclic amines) is 1. The summed E-state index contributed by atoms with van der Waals surface area (Å²) < 4.78 is 0. The van der Waals surface area contributed by atoms with Crippen LogP contribution in [0.5, 0.6) is 0 Å². The fourth-order valence-electron chi connectivity index (χ4n) is 4.84. The van der Waals surface area contributed by atoms with Crippen molar-refractivity contribution in [2.45, 2.75) is 102 Å². The van der Waals surface area contributed by atoms with Crippen LogP contribution in [0.4, 0.5) is 0 Å². The summed E-state index contributed by atoms with van der Waals surface area (Å²) in [6, 6.07) is -8.75. The molecule has 0 unspecified atom stereocenters. The zero-order chi connectivity index (χ0) is 38.3. The van der Waals surface area contributed by atoms with E-state index in [1.165, 1.54) is 6.92 Å². The number of carboxylic acids is 4. The Morgan fingerprint density at radius 3 is 1.70 bits per heavy atom. The maximum absolute atomic E-state index is 13.2. The van der Waals surface area contributed by atoms with E-state index in [0.29, 0.717) is 6.42 Å². The number of hydrogen-bond acceptors (Lipinski definition) is 11. The van der Waals surface area contributed by atoms with Gasteiger partial charge in [-0.3, -0.25) is 43.2 Å². The van der Waals surface area contributed by atoms with Gasteiger partial charge in [-0.05, 0) is 38.5 Å². The minimum atomic E-state index is -1.86. The van der Waals surface area contributed by atoms with Crippen LogP contribution in [0.25, 0.3) is 0 Å². The molecular weight excluding hydrogens is 670 g/mol. The number of nitrogens with zero attached hydrogens (tertiary/aromatic N) is 1. The molecule has 280 valence electrons. The molecule has 0 aromatic rings. The summed E-state index contributed by atoms with van der Waals surface area (Å²) in [5.74, 6) is -11.8. The maximum Gasteiger partial charge on any atom is 0.326 e. The summed E-state index contributed by atoms with van der Waals surface area (Å²) in [5.41, 5.74) is 5.49. The van der Waals surface area contributed by atoms with Crippen LogP contribution in [0.15, 0.2) is 0 Å². The van der Waals surface area contributed by atoms with Crippen molar-refractivity contribution in [1.82, 2.24) is 31.5 Å². The van der Waals surface area contributed by atoms with Gasteiger partial charge in [0.25, 0.3) is 0 Å². The Bertz CT molecular complexity index is 1320. The van der Waals surface area contributed by atoms with Crippen LogP contribution in [0, 0.1) is 5.92 Å². The smallest absolute Gasteiger partial charge is 0.326 e. The standard InChI is InChI=1S/C29H45N7O14/c1-13(2)9-18(29(49)50)35-27(47)16(10-22(40)41)33-26(46)17(11-23(42)43)34-28(48)19-5-4-8-36(19)20(37)12-31-25(45)15(6-7-21(38)39)32-24(44)14(3)30/h13-19H,4-12,30H2,1-3H3,(H,31,45)(H,32,44)(H,33,46)(H,34,48)(H,35,47)(H,38,39)(H,40,41)(H,42,43)(H,49,50)/t14-,15-,16-,17-,18-,19-/m0/s1. The number of amides is 6. The van der Waals surface area contributed by atoms with Crippen molar-refractivity contribution in [3.05, 3.63) is 0 Å². The van der Waals surface area contributed by atoms with E-state index >= 15 is 0 Å². The van der Waals surface area contributed by atoms with Crippen LogP contribution >= 0.6 is 0 Å². The first-order valence-electron chi connectivity index (χ1n) is 15.7. The number of hydrogen-bond donors (Lipinski definition) is 10. The largest absolute Gasteiger partial charge is 0.481 e. The third kappa shape index (κ3) is 14.8. The topological polar surface area (TPSA) is 341 Å². The molecule has 0 spiro atoms. The monoisotopic (exact) mass is 715 g/mol. The molecule has 0 saturated carbocycles. The highest BCUT2D eigenvalue weighted by atomic mass is 16.4. The molecule has 0 radical (unpaired) electrons. The second kappa shape index (κ2) is 20.2. The Morgan fingerprint density at radius 1 is 0.700 bits per heavy atom. The average Bonchev–Trinajstić information content (AvgIpc) is 3.50. The number of carbonyl (C=O) groups excluding carboxylic acids is 6. The van der Waals surface area contributed by atoms with E-state index in [-0.39, 0.29) is 31.7 Å². The van der Waals surface area contributed by atoms with Crippen molar-refractivity contribution >= 4 is 59.3 Å².